The molecule has 18 heavy (non-hydrogen) atoms. The summed E-state index contributed by atoms with van der Waals surface area (Å²) in [5.41, 5.74) is -0.00295. The molecule has 3 rings (SSSR count). The average Bonchev–Trinajstić information content (AvgIpc) is 2.99. The first-order chi connectivity index (χ1) is 8.77. The van der Waals surface area contributed by atoms with Gasteiger partial charge in [-0.1, -0.05) is 6.92 Å². The third-order valence-electron chi connectivity index (χ3n) is 4.46. The first-order valence-corrected chi connectivity index (χ1v) is 7.89. The van der Waals surface area contributed by atoms with Crippen LogP contribution < -0.4 is 0 Å². The molecule has 2 unspecified atom stereocenters. The van der Waals surface area contributed by atoms with Crippen LogP contribution in [0.1, 0.15) is 35.9 Å². The van der Waals surface area contributed by atoms with Gasteiger partial charge in [0.05, 0.1) is 12.7 Å². The standard InChI is InChI=1S/C15H22O2S/c1-2-12-5-6-13(18-12)9-15(10-16)7-8-17-14(15)11-3-4-11/h5-6,11,14,16H,2-4,7-10H2,1H3. The Morgan fingerprint density at radius 3 is 2.78 bits per heavy atom. The van der Waals surface area contributed by atoms with Crippen LogP contribution in [0.4, 0.5) is 0 Å². The SMILES string of the molecule is CCc1ccc(CC2(CO)CCOC2C2CC2)s1. The van der Waals surface area contributed by atoms with E-state index in [0.29, 0.717) is 12.0 Å². The molecule has 2 nitrogen and oxygen atoms in total. The number of hydrogen-bond acceptors (Lipinski definition) is 3. The van der Waals surface area contributed by atoms with Crippen LogP contribution in [0, 0.1) is 11.3 Å². The summed E-state index contributed by atoms with van der Waals surface area (Å²) in [5.74, 6) is 0.713. The Kier molecular flexibility index (Phi) is 3.48. The van der Waals surface area contributed by atoms with Gasteiger partial charge in [0, 0.05) is 21.8 Å². The lowest BCUT2D eigenvalue weighted by Gasteiger charge is -2.32. The fraction of sp³-hybridized carbons (Fsp3) is 0.733. The van der Waals surface area contributed by atoms with Gasteiger partial charge in [-0.25, -0.2) is 0 Å². The summed E-state index contributed by atoms with van der Waals surface area (Å²) >= 11 is 1.90. The minimum atomic E-state index is -0.00295. The molecular weight excluding hydrogens is 244 g/mol. The van der Waals surface area contributed by atoms with E-state index in [2.05, 4.69) is 19.1 Å². The Hall–Kier alpha value is -0.380. The lowest BCUT2D eigenvalue weighted by molar-refractivity contribution is 0.000995. The predicted molar refractivity (Wildman–Crippen MR) is 74.0 cm³/mol. The van der Waals surface area contributed by atoms with Gasteiger partial charge in [-0.15, -0.1) is 11.3 Å². The van der Waals surface area contributed by atoms with E-state index in [-0.39, 0.29) is 12.0 Å². The van der Waals surface area contributed by atoms with Crippen molar-refractivity contribution in [1.82, 2.24) is 0 Å². The van der Waals surface area contributed by atoms with Crippen LogP contribution in [0.5, 0.6) is 0 Å². The first kappa shape index (κ1) is 12.6. The molecule has 3 heteroatoms. The molecule has 2 atom stereocenters. The van der Waals surface area contributed by atoms with E-state index in [4.69, 9.17) is 4.74 Å². The van der Waals surface area contributed by atoms with Crippen molar-refractivity contribution in [2.45, 2.75) is 45.1 Å². The van der Waals surface area contributed by atoms with Crippen LogP contribution in [0.25, 0.3) is 0 Å². The van der Waals surface area contributed by atoms with E-state index < -0.39 is 0 Å². The summed E-state index contributed by atoms with van der Waals surface area (Å²) in [5, 5.41) is 9.91. The molecule has 1 aliphatic carbocycles. The maximum atomic E-state index is 9.91. The molecule has 1 aromatic rings. The largest absolute Gasteiger partial charge is 0.396 e. The number of aliphatic hydroxyl groups is 1. The van der Waals surface area contributed by atoms with Gasteiger partial charge in [-0.3, -0.25) is 0 Å². The predicted octanol–water partition coefficient (Wildman–Crippen LogP) is 3.03. The third-order valence-corrected chi connectivity index (χ3v) is 5.69. The lowest BCUT2D eigenvalue weighted by atomic mass is 9.76. The fourth-order valence-electron chi connectivity index (χ4n) is 3.21. The molecule has 0 amide bonds. The molecule has 0 bridgehead atoms. The molecule has 1 aliphatic heterocycles. The van der Waals surface area contributed by atoms with Gasteiger partial charge < -0.3 is 9.84 Å². The normalized spacial score (nSPS) is 32.0. The maximum Gasteiger partial charge on any atom is 0.0685 e. The zero-order valence-electron chi connectivity index (χ0n) is 11.0. The van der Waals surface area contributed by atoms with Crippen molar-refractivity contribution in [2.75, 3.05) is 13.2 Å². The van der Waals surface area contributed by atoms with Crippen LogP contribution in [0.3, 0.4) is 0 Å². The molecular formula is C15H22O2S. The quantitative estimate of drug-likeness (QED) is 0.887. The topological polar surface area (TPSA) is 29.5 Å². The second-order valence-corrected chi connectivity index (χ2v) is 7.05. The monoisotopic (exact) mass is 266 g/mol. The summed E-state index contributed by atoms with van der Waals surface area (Å²) < 4.78 is 5.93. The van der Waals surface area contributed by atoms with Gasteiger partial charge in [0.15, 0.2) is 0 Å². The highest BCUT2D eigenvalue weighted by Crippen LogP contribution is 2.49. The second-order valence-electron chi connectivity index (χ2n) is 5.80. The lowest BCUT2D eigenvalue weighted by Crippen LogP contribution is -2.38. The van der Waals surface area contributed by atoms with Gasteiger partial charge in [0.1, 0.15) is 0 Å². The number of ether oxygens (including phenoxy) is 1. The minimum absolute atomic E-state index is 0.00295. The summed E-state index contributed by atoms with van der Waals surface area (Å²) in [6.07, 6.45) is 6.00. The molecule has 1 aromatic heterocycles. The number of thiophene rings is 1. The Labute approximate surface area is 113 Å². The first-order valence-electron chi connectivity index (χ1n) is 7.07. The highest BCUT2D eigenvalue weighted by molar-refractivity contribution is 7.11. The van der Waals surface area contributed by atoms with E-state index in [9.17, 15) is 5.11 Å². The van der Waals surface area contributed by atoms with Crippen LogP contribution in [0.15, 0.2) is 12.1 Å². The molecule has 2 aliphatic rings. The molecule has 2 heterocycles. The average molecular weight is 266 g/mol. The van der Waals surface area contributed by atoms with E-state index >= 15 is 0 Å². The zero-order valence-corrected chi connectivity index (χ0v) is 11.8. The van der Waals surface area contributed by atoms with Crippen molar-refractivity contribution in [2.24, 2.45) is 11.3 Å². The van der Waals surface area contributed by atoms with Gasteiger partial charge in [0.2, 0.25) is 0 Å². The molecule has 1 N–H and O–H groups in total. The Morgan fingerprint density at radius 1 is 1.39 bits per heavy atom. The summed E-state index contributed by atoms with van der Waals surface area (Å²) in [6.45, 7) is 3.30. The summed E-state index contributed by atoms with van der Waals surface area (Å²) in [6, 6.07) is 4.47. The van der Waals surface area contributed by atoms with Gasteiger partial charge in [-0.05, 0) is 50.2 Å². The number of aryl methyl sites for hydroxylation is 1. The van der Waals surface area contributed by atoms with E-state index in [1.165, 1.54) is 22.6 Å². The number of rotatable bonds is 5. The molecule has 2 fully saturated rings. The molecule has 1 saturated carbocycles. The highest BCUT2D eigenvalue weighted by atomic mass is 32.1. The van der Waals surface area contributed by atoms with E-state index in [1.807, 2.05) is 11.3 Å². The molecule has 0 spiro atoms. The third kappa shape index (κ3) is 2.24. The van der Waals surface area contributed by atoms with Crippen LogP contribution >= 0.6 is 11.3 Å². The van der Waals surface area contributed by atoms with Crippen molar-refractivity contribution < 1.29 is 9.84 Å². The highest BCUT2D eigenvalue weighted by Gasteiger charge is 2.50. The van der Waals surface area contributed by atoms with Gasteiger partial charge in [0.25, 0.3) is 0 Å². The minimum Gasteiger partial charge on any atom is -0.396 e. The van der Waals surface area contributed by atoms with Crippen molar-refractivity contribution in [3.63, 3.8) is 0 Å². The van der Waals surface area contributed by atoms with Gasteiger partial charge in [-0.2, -0.15) is 0 Å². The van der Waals surface area contributed by atoms with Crippen LogP contribution in [-0.2, 0) is 17.6 Å². The molecule has 0 radical (unpaired) electrons. The van der Waals surface area contributed by atoms with Crippen molar-refractivity contribution in [3.05, 3.63) is 21.9 Å². The van der Waals surface area contributed by atoms with Crippen molar-refractivity contribution >= 4 is 11.3 Å². The van der Waals surface area contributed by atoms with E-state index in [1.54, 1.807) is 0 Å². The Bertz CT molecular complexity index is 410. The summed E-state index contributed by atoms with van der Waals surface area (Å²) in [4.78, 5) is 2.86. The second kappa shape index (κ2) is 4.95. The van der Waals surface area contributed by atoms with Crippen LogP contribution in [-0.4, -0.2) is 24.4 Å². The number of hydrogen-bond donors (Lipinski definition) is 1. The maximum absolute atomic E-state index is 9.91. The van der Waals surface area contributed by atoms with Crippen molar-refractivity contribution in [3.8, 4) is 0 Å². The van der Waals surface area contributed by atoms with E-state index in [0.717, 1.165) is 25.9 Å². The zero-order chi connectivity index (χ0) is 12.6. The Morgan fingerprint density at radius 2 is 2.17 bits per heavy atom. The Balaban J connectivity index is 1.78. The fourth-order valence-corrected chi connectivity index (χ4v) is 4.32. The van der Waals surface area contributed by atoms with Gasteiger partial charge >= 0.3 is 0 Å². The smallest absolute Gasteiger partial charge is 0.0685 e. The molecule has 1 saturated heterocycles. The number of aliphatic hydroxyl groups excluding tert-OH is 1. The van der Waals surface area contributed by atoms with Crippen LogP contribution in [0.2, 0.25) is 0 Å². The summed E-state index contributed by atoms with van der Waals surface area (Å²) in [7, 11) is 0. The molecule has 0 aromatic carbocycles. The molecule has 100 valence electrons. The van der Waals surface area contributed by atoms with Crippen molar-refractivity contribution in [1.29, 1.82) is 0 Å².